The van der Waals surface area contributed by atoms with Crippen molar-refractivity contribution in [3.05, 3.63) is 72.0 Å². The van der Waals surface area contributed by atoms with Gasteiger partial charge in [-0.3, -0.25) is 4.79 Å². The molecule has 0 aliphatic rings. The van der Waals surface area contributed by atoms with E-state index in [2.05, 4.69) is 5.32 Å². The molecular weight excluding hydrogens is 306 g/mol. The smallest absolute Gasteiger partial charge is 0.336 e. The molecule has 5 nitrogen and oxygen atoms in total. The van der Waals surface area contributed by atoms with Crippen LogP contribution in [-0.4, -0.2) is 18.9 Å². The molecule has 0 spiro atoms. The molecule has 24 heavy (non-hydrogen) atoms. The monoisotopic (exact) mass is 321 g/mol. The van der Waals surface area contributed by atoms with Gasteiger partial charge in [0.15, 0.2) is 0 Å². The highest BCUT2D eigenvalue weighted by Crippen LogP contribution is 2.20. The van der Waals surface area contributed by atoms with Crippen molar-refractivity contribution in [3.8, 4) is 5.75 Å². The second-order valence-electron chi connectivity index (χ2n) is 5.05. The van der Waals surface area contributed by atoms with E-state index in [1.165, 1.54) is 19.2 Å². The van der Waals surface area contributed by atoms with Crippen molar-refractivity contribution in [2.45, 2.75) is 0 Å². The Labute approximate surface area is 138 Å². The van der Waals surface area contributed by atoms with Crippen LogP contribution in [-0.2, 0) is 4.79 Å². The fourth-order valence-electron chi connectivity index (χ4n) is 2.23. The molecule has 1 heterocycles. The molecule has 120 valence electrons. The van der Waals surface area contributed by atoms with E-state index in [4.69, 9.17) is 9.15 Å². The van der Waals surface area contributed by atoms with Gasteiger partial charge in [-0.1, -0.05) is 24.3 Å². The van der Waals surface area contributed by atoms with Gasteiger partial charge in [-0.15, -0.1) is 0 Å². The van der Waals surface area contributed by atoms with E-state index in [1.807, 2.05) is 30.3 Å². The zero-order valence-corrected chi connectivity index (χ0v) is 13.0. The summed E-state index contributed by atoms with van der Waals surface area (Å²) in [5.41, 5.74) is 1.17. The van der Waals surface area contributed by atoms with Crippen LogP contribution in [0.3, 0.4) is 0 Å². The Morgan fingerprint density at radius 2 is 1.92 bits per heavy atom. The Bertz CT molecular complexity index is 891. The lowest BCUT2D eigenvalue weighted by Crippen LogP contribution is -2.17. The molecule has 2 aromatic carbocycles. The number of nitrogens with one attached hydrogen (secondary N) is 1. The van der Waals surface area contributed by atoms with E-state index >= 15 is 0 Å². The topological polar surface area (TPSA) is 68.5 Å². The van der Waals surface area contributed by atoms with E-state index in [0.717, 1.165) is 11.0 Å². The second kappa shape index (κ2) is 6.83. The molecule has 1 aromatic heterocycles. The Kier molecular flexibility index (Phi) is 4.43. The van der Waals surface area contributed by atoms with Gasteiger partial charge < -0.3 is 14.5 Å². The first-order chi connectivity index (χ1) is 11.7. The fraction of sp³-hybridized carbons (Fsp3) is 0.0526. The van der Waals surface area contributed by atoms with Crippen molar-refractivity contribution in [1.82, 2.24) is 5.32 Å². The van der Waals surface area contributed by atoms with E-state index in [1.54, 1.807) is 24.3 Å². The Balaban J connectivity index is 1.70. The minimum Gasteiger partial charge on any atom is -0.457 e. The third-order valence-electron chi connectivity index (χ3n) is 3.37. The number of fused-ring (bicyclic) bond motifs is 1. The number of carbonyl (C=O) groups is 2. The predicted octanol–water partition coefficient (Wildman–Crippen LogP) is 3.41. The van der Waals surface area contributed by atoms with Gasteiger partial charge in [-0.05, 0) is 36.4 Å². The number of amides is 1. The summed E-state index contributed by atoms with van der Waals surface area (Å²) in [5.74, 6) is 0.0675. The average molecular weight is 321 g/mol. The predicted molar refractivity (Wildman–Crippen MR) is 90.7 cm³/mol. The van der Waals surface area contributed by atoms with Gasteiger partial charge in [0.05, 0.1) is 0 Å². The number of carbonyl (C=O) groups excluding carboxylic acids is 2. The van der Waals surface area contributed by atoms with Crippen molar-refractivity contribution in [2.24, 2.45) is 0 Å². The zero-order chi connectivity index (χ0) is 16.9. The molecule has 0 fully saturated rings. The Morgan fingerprint density at radius 1 is 1.08 bits per heavy atom. The molecule has 0 saturated carbocycles. The first kappa shape index (κ1) is 15.6. The summed E-state index contributed by atoms with van der Waals surface area (Å²) in [4.78, 5) is 23.5. The molecule has 3 rings (SSSR count). The van der Waals surface area contributed by atoms with E-state index in [0.29, 0.717) is 17.1 Å². The lowest BCUT2D eigenvalue weighted by Gasteiger charge is -2.03. The van der Waals surface area contributed by atoms with Crippen LogP contribution in [0.2, 0.25) is 0 Å². The lowest BCUT2D eigenvalue weighted by molar-refractivity contribution is -0.128. The van der Waals surface area contributed by atoms with E-state index < -0.39 is 5.97 Å². The van der Waals surface area contributed by atoms with Crippen LogP contribution in [0, 0.1) is 0 Å². The van der Waals surface area contributed by atoms with E-state index in [-0.39, 0.29) is 5.91 Å². The normalized spacial score (nSPS) is 10.9. The molecule has 0 aliphatic heterocycles. The quantitative estimate of drug-likeness (QED) is 0.454. The van der Waals surface area contributed by atoms with Gasteiger partial charge in [0.25, 0.3) is 5.91 Å². The van der Waals surface area contributed by atoms with Gasteiger partial charge in [0, 0.05) is 24.1 Å². The zero-order valence-electron chi connectivity index (χ0n) is 13.0. The molecular formula is C19H15NO4. The number of hydrogen-bond donors (Lipinski definition) is 1. The molecule has 1 N–H and O–H groups in total. The second-order valence-corrected chi connectivity index (χ2v) is 5.05. The molecule has 0 atom stereocenters. The number of esters is 1. The number of furan rings is 1. The van der Waals surface area contributed by atoms with Crippen LogP contribution in [0.25, 0.3) is 17.0 Å². The van der Waals surface area contributed by atoms with Gasteiger partial charge in [-0.2, -0.15) is 0 Å². The van der Waals surface area contributed by atoms with Crippen LogP contribution >= 0.6 is 0 Å². The Hall–Kier alpha value is -3.34. The SMILES string of the molecule is CNC(=O)c1cccc(OC(=O)C=Cc2cc3ccccc3o2)c1. The standard InChI is InChI=1S/C19H15NO4/c1-20-19(22)14-6-4-7-15(12-14)24-18(21)10-9-16-11-13-5-2-3-8-17(13)23-16/h2-12H,1H3,(H,20,22). The van der Waals surface area contributed by atoms with Crippen molar-refractivity contribution in [2.75, 3.05) is 7.05 Å². The number of hydrogen-bond acceptors (Lipinski definition) is 4. The molecule has 3 aromatic rings. The molecule has 0 saturated heterocycles. The molecule has 0 bridgehead atoms. The summed E-state index contributed by atoms with van der Waals surface area (Å²) in [6.45, 7) is 0. The number of benzene rings is 2. The maximum absolute atomic E-state index is 11.9. The highest BCUT2D eigenvalue weighted by atomic mass is 16.5. The van der Waals surface area contributed by atoms with Crippen molar-refractivity contribution in [1.29, 1.82) is 0 Å². The maximum atomic E-state index is 11.9. The highest BCUT2D eigenvalue weighted by molar-refractivity contribution is 5.95. The number of rotatable bonds is 4. The van der Waals surface area contributed by atoms with E-state index in [9.17, 15) is 9.59 Å². The third-order valence-corrected chi connectivity index (χ3v) is 3.37. The summed E-state index contributed by atoms with van der Waals surface area (Å²) >= 11 is 0. The number of ether oxygens (including phenoxy) is 1. The molecule has 0 unspecified atom stereocenters. The minimum atomic E-state index is -0.551. The summed E-state index contributed by atoms with van der Waals surface area (Å²) in [7, 11) is 1.54. The summed E-state index contributed by atoms with van der Waals surface area (Å²) in [5, 5.41) is 3.48. The van der Waals surface area contributed by atoms with Crippen molar-refractivity contribution in [3.63, 3.8) is 0 Å². The van der Waals surface area contributed by atoms with Gasteiger partial charge >= 0.3 is 5.97 Å². The Morgan fingerprint density at radius 3 is 2.71 bits per heavy atom. The van der Waals surface area contributed by atoms with Gasteiger partial charge in [-0.25, -0.2) is 4.79 Å². The molecule has 0 aliphatic carbocycles. The maximum Gasteiger partial charge on any atom is 0.336 e. The summed E-state index contributed by atoms with van der Waals surface area (Å²) < 4.78 is 10.8. The third kappa shape index (κ3) is 3.52. The fourth-order valence-corrected chi connectivity index (χ4v) is 2.23. The highest BCUT2D eigenvalue weighted by Gasteiger charge is 2.07. The van der Waals surface area contributed by atoms with Gasteiger partial charge in [0.1, 0.15) is 17.1 Å². The number of para-hydroxylation sites is 1. The van der Waals surface area contributed by atoms with Crippen LogP contribution in [0.5, 0.6) is 5.75 Å². The minimum absolute atomic E-state index is 0.245. The summed E-state index contributed by atoms with van der Waals surface area (Å²) in [6, 6.07) is 15.8. The molecule has 1 amide bonds. The average Bonchev–Trinajstić information content (AvgIpc) is 3.02. The van der Waals surface area contributed by atoms with Crippen molar-refractivity contribution >= 4 is 28.9 Å². The van der Waals surface area contributed by atoms with Crippen LogP contribution in [0.1, 0.15) is 16.1 Å². The van der Waals surface area contributed by atoms with Crippen molar-refractivity contribution < 1.29 is 18.7 Å². The van der Waals surface area contributed by atoms with Gasteiger partial charge in [0.2, 0.25) is 0 Å². The largest absolute Gasteiger partial charge is 0.457 e. The van der Waals surface area contributed by atoms with Crippen LogP contribution in [0.4, 0.5) is 0 Å². The van der Waals surface area contributed by atoms with Crippen LogP contribution in [0.15, 0.2) is 65.1 Å². The van der Waals surface area contributed by atoms with Crippen LogP contribution < -0.4 is 10.1 Å². The first-order valence-corrected chi connectivity index (χ1v) is 7.36. The lowest BCUT2D eigenvalue weighted by atomic mass is 10.2. The molecule has 0 radical (unpaired) electrons. The molecule has 5 heteroatoms. The summed E-state index contributed by atoms with van der Waals surface area (Å²) in [6.07, 6.45) is 2.83. The first-order valence-electron chi connectivity index (χ1n) is 7.36.